The Morgan fingerprint density at radius 2 is 0.833 bits per heavy atom. The number of alkyl halides is 12. The molecule has 6 rings (SSSR count). The standard InChI is InChI=1S/2C21H17F6.C2H7Si.2ClH.Zr/c2*1-2-3-5-13-8-14-6-4-7-18(19(14)9-13)15-10-16(20(22,23)24)12-17(11-15)21(25,26)27;1-3-2;;;/h2*4,6-12H,2-3,5H2,1H3;3H,1-2H3;2*1H;/q;;;;;+2/p-2. The molecule has 60 heavy (non-hydrogen) atoms. The van der Waals surface area contributed by atoms with E-state index in [4.69, 9.17) is 17.0 Å². The van der Waals surface area contributed by atoms with Crippen LogP contribution >= 0.6 is 17.0 Å². The number of halogens is 14. The first-order valence-corrected chi connectivity index (χ1v) is 35.9. The van der Waals surface area contributed by atoms with Crippen LogP contribution < -0.4 is 0 Å². The van der Waals surface area contributed by atoms with E-state index in [1.165, 1.54) is 12.1 Å². The molecular formula is C44H41Cl2F12SiZr. The van der Waals surface area contributed by atoms with Gasteiger partial charge >= 0.3 is 351 Å². The van der Waals surface area contributed by atoms with E-state index in [2.05, 4.69) is 0 Å². The molecular weight excluding hydrogens is 947 g/mol. The molecule has 0 saturated carbocycles. The van der Waals surface area contributed by atoms with Crippen LogP contribution in [0, 0.1) is 0 Å². The van der Waals surface area contributed by atoms with E-state index in [1.54, 1.807) is 36.4 Å². The van der Waals surface area contributed by atoms with Gasteiger partial charge in [-0.3, -0.25) is 0 Å². The fourth-order valence-electron chi connectivity index (χ4n) is 8.98. The van der Waals surface area contributed by atoms with Crippen LogP contribution in [0.3, 0.4) is 0 Å². The topological polar surface area (TPSA) is 0 Å². The zero-order chi connectivity index (χ0) is 44.4. The molecule has 2 aliphatic rings. The number of benzene rings is 4. The van der Waals surface area contributed by atoms with Gasteiger partial charge in [-0.1, -0.05) is 0 Å². The van der Waals surface area contributed by atoms with Crippen molar-refractivity contribution in [2.75, 3.05) is 0 Å². The number of allylic oxidation sites excluding steroid dienone is 2. The van der Waals surface area contributed by atoms with Gasteiger partial charge in [0.25, 0.3) is 0 Å². The molecule has 16 heteroatoms. The Labute approximate surface area is 349 Å². The van der Waals surface area contributed by atoms with Gasteiger partial charge in [0.05, 0.1) is 0 Å². The predicted molar refractivity (Wildman–Crippen MR) is 215 cm³/mol. The molecule has 0 N–H and O–H groups in total. The molecule has 2 aliphatic carbocycles. The van der Waals surface area contributed by atoms with Crippen LogP contribution in [-0.4, -0.2) is 5.92 Å². The van der Waals surface area contributed by atoms with E-state index >= 15 is 0 Å². The monoisotopic (exact) mass is 985 g/mol. The van der Waals surface area contributed by atoms with Crippen LogP contribution in [0.4, 0.5) is 52.7 Å². The Morgan fingerprint density at radius 3 is 1.10 bits per heavy atom. The van der Waals surface area contributed by atoms with E-state index in [0.29, 0.717) is 72.2 Å². The Bertz CT molecular complexity index is 2130. The van der Waals surface area contributed by atoms with Crippen LogP contribution in [0.15, 0.2) is 83.9 Å². The van der Waals surface area contributed by atoms with Crippen molar-refractivity contribution in [1.29, 1.82) is 0 Å². The maximum absolute atomic E-state index is 14.1. The number of fused-ring (bicyclic) bond motifs is 2. The maximum atomic E-state index is 14.1. The van der Waals surface area contributed by atoms with E-state index in [0.717, 1.165) is 24.0 Å². The van der Waals surface area contributed by atoms with E-state index in [9.17, 15) is 52.7 Å². The molecule has 4 aromatic rings. The number of rotatable bonds is 11. The summed E-state index contributed by atoms with van der Waals surface area (Å²) in [6.45, 7) is 7.95. The van der Waals surface area contributed by atoms with Crippen molar-refractivity contribution in [3.8, 4) is 22.3 Å². The van der Waals surface area contributed by atoms with Gasteiger partial charge in [0.1, 0.15) is 0 Å². The van der Waals surface area contributed by atoms with Crippen molar-refractivity contribution in [2.24, 2.45) is 0 Å². The number of unbranched alkanes of at least 4 members (excludes halogenated alkanes) is 2. The van der Waals surface area contributed by atoms with Crippen LogP contribution in [0.25, 0.3) is 34.4 Å². The van der Waals surface area contributed by atoms with Gasteiger partial charge in [-0.25, -0.2) is 0 Å². The van der Waals surface area contributed by atoms with E-state index in [1.807, 2.05) is 26.9 Å². The van der Waals surface area contributed by atoms with Gasteiger partial charge in [-0.05, 0) is 0 Å². The summed E-state index contributed by atoms with van der Waals surface area (Å²) >= 11 is -5.74. The Balaban J connectivity index is 1.63. The minimum absolute atomic E-state index is 0.0790. The summed E-state index contributed by atoms with van der Waals surface area (Å²) in [6, 6.07) is 12.5. The summed E-state index contributed by atoms with van der Waals surface area (Å²) in [6.07, 6.45) is -13.0. The average molecular weight is 988 g/mol. The third-order valence-electron chi connectivity index (χ3n) is 11.9. The summed E-state index contributed by atoms with van der Waals surface area (Å²) in [5.41, 5.74) is -2.59. The molecule has 2 atom stereocenters. The predicted octanol–water partition coefficient (Wildman–Crippen LogP) is 17.0. The quantitative estimate of drug-likeness (QED) is 0.104. The van der Waals surface area contributed by atoms with Crippen molar-refractivity contribution < 1.29 is 68.2 Å². The molecule has 0 saturated heterocycles. The molecule has 0 fully saturated rings. The van der Waals surface area contributed by atoms with Gasteiger partial charge in [0, 0.05) is 0 Å². The van der Waals surface area contributed by atoms with Crippen LogP contribution in [0.5, 0.6) is 0 Å². The molecule has 0 bridgehead atoms. The van der Waals surface area contributed by atoms with Crippen molar-refractivity contribution in [3.63, 3.8) is 0 Å². The van der Waals surface area contributed by atoms with E-state index < -0.39 is 75.7 Å². The Kier molecular flexibility index (Phi) is 12.8. The Morgan fingerprint density at radius 1 is 0.517 bits per heavy atom. The van der Waals surface area contributed by atoms with Gasteiger partial charge in [-0.15, -0.1) is 0 Å². The van der Waals surface area contributed by atoms with Gasteiger partial charge in [0.15, 0.2) is 0 Å². The first-order chi connectivity index (χ1) is 27.7. The van der Waals surface area contributed by atoms with Crippen LogP contribution in [0.2, 0.25) is 13.1 Å². The van der Waals surface area contributed by atoms with Crippen molar-refractivity contribution in [2.45, 2.75) is 97.4 Å². The third-order valence-corrected chi connectivity index (χ3v) is 63.8. The third kappa shape index (κ3) is 8.61. The molecule has 4 aromatic carbocycles. The normalized spacial score (nSPS) is 17.9. The van der Waals surface area contributed by atoms with Gasteiger partial charge in [0.2, 0.25) is 0 Å². The molecule has 0 aliphatic heterocycles. The summed E-state index contributed by atoms with van der Waals surface area (Å²) in [4.78, 5) is 0. The molecule has 323 valence electrons. The molecule has 0 nitrogen and oxygen atoms in total. The zero-order valence-corrected chi connectivity index (χ0v) is 38.0. The fourth-order valence-corrected chi connectivity index (χ4v) is 40.5. The summed E-state index contributed by atoms with van der Waals surface area (Å²) < 4.78 is 168. The van der Waals surface area contributed by atoms with E-state index in [-0.39, 0.29) is 34.4 Å². The SMILES string of the molecule is CCCCC1=Cc2c(-c3cc(C(F)(F)F)cc(C(F)(F)F)c3)cccc2[CH]1[Zr]([Cl])([Cl])([CH]1C(CCCC)=Cc2c(-c3cc(C(F)(F)F)cc(C(F)(F)F)c3)cccc21)[SiH](C)C. The van der Waals surface area contributed by atoms with Crippen molar-refractivity contribution >= 4 is 35.1 Å². The second-order valence-corrected chi connectivity index (χ2v) is 58.6. The molecule has 2 unspecified atom stereocenters. The minimum atomic E-state index is -5.74. The fraction of sp³-hybridized carbons (Fsp3) is 0.364. The molecule has 0 aromatic heterocycles. The zero-order valence-electron chi connectivity index (χ0n) is 32.8. The molecule has 0 radical (unpaired) electrons. The average Bonchev–Trinajstić information content (AvgIpc) is 3.74. The molecule has 0 amide bonds. The van der Waals surface area contributed by atoms with Crippen molar-refractivity contribution in [3.05, 3.63) is 128 Å². The summed E-state index contributed by atoms with van der Waals surface area (Å²) in [5.74, 6) is -2.32. The molecule has 0 heterocycles. The first kappa shape index (κ1) is 46.7. The van der Waals surface area contributed by atoms with Gasteiger partial charge in [-0.2, -0.15) is 0 Å². The summed E-state index contributed by atoms with van der Waals surface area (Å²) in [5, 5.41) is 0. The van der Waals surface area contributed by atoms with Gasteiger partial charge < -0.3 is 0 Å². The number of hydrogen-bond donors (Lipinski definition) is 0. The van der Waals surface area contributed by atoms with Crippen LogP contribution in [-0.2, 0) is 40.3 Å². The second-order valence-electron chi connectivity index (χ2n) is 16.1. The second kappa shape index (κ2) is 16.4. The van der Waals surface area contributed by atoms with Crippen LogP contribution in [0.1, 0.15) is 104 Å². The molecule has 0 spiro atoms. The summed E-state index contributed by atoms with van der Waals surface area (Å²) in [7, 11) is 16.9. The Hall–Kier alpha value is -2.80. The number of hydrogen-bond acceptors (Lipinski definition) is 0. The van der Waals surface area contributed by atoms with Crippen molar-refractivity contribution in [1.82, 2.24) is 0 Å². The first-order valence-electron chi connectivity index (χ1n) is 19.5.